The van der Waals surface area contributed by atoms with Crippen LogP contribution in [-0.4, -0.2) is 82.1 Å². The van der Waals surface area contributed by atoms with Crippen molar-refractivity contribution in [2.45, 2.75) is 68.5 Å². The number of carbonyl (C=O) groups excluding carboxylic acids is 3. The molecule has 43 heavy (non-hydrogen) atoms. The number of carbonyl (C=O) groups is 3. The highest BCUT2D eigenvalue weighted by Gasteiger charge is 2.51. The van der Waals surface area contributed by atoms with Gasteiger partial charge in [0, 0.05) is 41.9 Å². The van der Waals surface area contributed by atoms with E-state index in [9.17, 15) is 34.8 Å². The van der Waals surface area contributed by atoms with Gasteiger partial charge in [-0.2, -0.15) is 0 Å². The average molecular weight is 596 g/mol. The number of fused-ring (bicyclic) bond motifs is 3. The van der Waals surface area contributed by atoms with Gasteiger partial charge in [0.1, 0.15) is 41.8 Å². The number of ether oxygens (including phenoxy) is 4. The first-order valence-electron chi connectivity index (χ1n) is 14.2. The summed E-state index contributed by atoms with van der Waals surface area (Å²) in [6.07, 6.45) is 1.87. The van der Waals surface area contributed by atoms with Crippen molar-refractivity contribution < 1.29 is 53.8 Å². The number of nitrogens with two attached hydrogens (primary N) is 1. The van der Waals surface area contributed by atoms with Crippen LogP contribution in [0.3, 0.4) is 0 Å². The number of hydrogen-bond donors (Lipinski definition) is 5. The van der Waals surface area contributed by atoms with Gasteiger partial charge in [0.05, 0.1) is 36.4 Å². The van der Waals surface area contributed by atoms with E-state index < -0.39 is 83.0 Å². The minimum absolute atomic E-state index is 0.0262. The molecule has 1 fully saturated rings. The minimum Gasteiger partial charge on any atom is -0.507 e. The van der Waals surface area contributed by atoms with Crippen LogP contribution in [0, 0.1) is 0 Å². The first kappa shape index (κ1) is 29.1. The molecular weight excluding hydrogens is 562 g/mol. The fourth-order valence-corrected chi connectivity index (χ4v) is 6.70. The molecule has 2 aliphatic heterocycles. The predicted octanol–water partition coefficient (Wildman–Crippen LogP) is 1.70. The number of aromatic hydroxyl groups is 2. The highest BCUT2D eigenvalue weighted by Crippen LogP contribution is 2.53. The summed E-state index contributed by atoms with van der Waals surface area (Å²) in [5.74, 6) is -4.10. The Morgan fingerprint density at radius 3 is 2.56 bits per heavy atom. The topological polar surface area (TPSA) is 195 Å². The summed E-state index contributed by atoms with van der Waals surface area (Å²) in [5.41, 5.74) is 3.31. The van der Waals surface area contributed by atoms with Crippen LogP contribution in [0.5, 0.6) is 17.2 Å². The third kappa shape index (κ3) is 4.65. The van der Waals surface area contributed by atoms with Gasteiger partial charge in [-0.25, -0.2) is 0 Å². The Hall–Kier alpha value is -3.97. The summed E-state index contributed by atoms with van der Waals surface area (Å²) in [6, 6.07) is 3.76. The van der Waals surface area contributed by atoms with E-state index in [1.54, 1.807) is 0 Å². The first-order chi connectivity index (χ1) is 20.6. The van der Waals surface area contributed by atoms with Crippen LogP contribution in [-0.2, 0) is 25.4 Å². The van der Waals surface area contributed by atoms with E-state index in [0.717, 1.165) is 12.8 Å². The maximum atomic E-state index is 13.8. The molecule has 0 aromatic heterocycles. The largest absolute Gasteiger partial charge is 0.507 e. The van der Waals surface area contributed by atoms with Gasteiger partial charge in [-0.05, 0) is 25.3 Å². The number of ketones is 3. The Bertz CT molecular complexity index is 1540. The molecule has 2 unspecified atom stereocenters. The molecule has 0 saturated carbocycles. The van der Waals surface area contributed by atoms with Crippen LogP contribution < -0.4 is 10.5 Å². The SMILES string of the molecule is COc1cccc2c1C(=O)c1c(O)c3c(c(O)c1C2=O)C[C@@](O)(C(=O)CO)C[C@@H]3C1CC(N)C(O[C@@H]2CCCCO2)=CO1. The van der Waals surface area contributed by atoms with Gasteiger partial charge in [0.15, 0.2) is 23.6 Å². The molecule has 6 N–H and O–H groups in total. The number of aliphatic hydroxyl groups is 2. The monoisotopic (exact) mass is 595 g/mol. The highest BCUT2D eigenvalue weighted by molar-refractivity contribution is 6.31. The van der Waals surface area contributed by atoms with Crippen molar-refractivity contribution in [2.24, 2.45) is 5.73 Å². The van der Waals surface area contributed by atoms with Crippen molar-refractivity contribution >= 4 is 17.3 Å². The van der Waals surface area contributed by atoms with Gasteiger partial charge in [0.2, 0.25) is 5.78 Å². The molecule has 2 aromatic rings. The van der Waals surface area contributed by atoms with Gasteiger partial charge in [0.25, 0.3) is 0 Å². The summed E-state index contributed by atoms with van der Waals surface area (Å²) < 4.78 is 22.9. The molecular formula is C31H33NO11. The standard InChI is InChI=1S/C31H33NO11/c1-40-18-6-4-5-14-24(18)30(38)26-25(27(14)35)28(36)16-11-31(39,21(34)12-33)10-15(23(16)29(26)37)19-9-17(32)20(13-42-19)43-22-7-2-3-8-41-22/h4-6,13,15,17,19,22,33,36-37,39H,2-3,7-12,32H2,1H3/t15-,17?,19?,22-,31-/m1/s1. The highest BCUT2D eigenvalue weighted by atomic mass is 16.7. The molecule has 228 valence electrons. The smallest absolute Gasteiger partial charge is 0.202 e. The molecule has 12 heteroatoms. The average Bonchev–Trinajstić information content (AvgIpc) is 3.01. The number of methoxy groups -OCH3 is 1. The van der Waals surface area contributed by atoms with Gasteiger partial charge in [-0.15, -0.1) is 0 Å². The van der Waals surface area contributed by atoms with E-state index in [4.69, 9.17) is 24.7 Å². The molecule has 2 heterocycles. The lowest BCUT2D eigenvalue weighted by atomic mass is 9.66. The number of phenolic OH excluding ortho intramolecular Hbond substituents is 2. The normalized spacial score (nSPS) is 28.1. The van der Waals surface area contributed by atoms with Crippen molar-refractivity contribution in [3.8, 4) is 17.2 Å². The molecule has 0 radical (unpaired) electrons. The molecule has 2 aliphatic carbocycles. The Morgan fingerprint density at radius 1 is 1.12 bits per heavy atom. The number of rotatable bonds is 6. The van der Waals surface area contributed by atoms with E-state index in [0.29, 0.717) is 18.8 Å². The van der Waals surface area contributed by atoms with Gasteiger partial charge in [-0.3, -0.25) is 14.4 Å². The van der Waals surface area contributed by atoms with Crippen LogP contribution in [0.25, 0.3) is 0 Å². The Labute approximate surface area is 246 Å². The number of Topliss-reactive ketones (excluding diaryl/α,β-unsaturated/α-hetero) is 1. The van der Waals surface area contributed by atoms with Crippen LogP contribution in [0.4, 0.5) is 0 Å². The minimum atomic E-state index is -2.17. The van der Waals surface area contributed by atoms with E-state index in [-0.39, 0.29) is 40.8 Å². The van der Waals surface area contributed by atoms with E-state index in [2.05, 4.69) is 0 Å². The zero-order valence-corrected chi connectivity index (χ0v) is 23.5. The molecule has 2 aromatic carbocycles. The fraction of sp³-hybridized carbons (Fsp3) is 0.452. The number of benzene rings is 2. The van der Waals surface area contributed by atoms with Crippen molar-refractivity contribution in [3.63, 3.8) is 0 Å². The second kappa shape index (κ2) is 10.9. The maximum absolute atomic E-state index is 13.8. The summed E-state index contributed by atoms with van der Waals surface area (Å²) in [5, 5.41) is 44.3. The van der Waals surface area contributed by atoms with Crippen molar-refractivity contribution in [1.29, 1.82) is 0 Å². The molecule has 0 amide bonds. The van der Waals surface area contributed by atoms with Crippen LogP contribution >= 0.6 is 0 Å². The molecule has 0 bridgehead atoms. The summed E-state index contributed by atoms with van der Waals surface area (Å²) in [4.78, 5) is 40.3. The Kier molecular flexibility index (Phi) is 7.41. The van der Waals surface area contributed by atoms with Crippen LogP contribution in [0.2, 0.25) is 0 Å². The quantitative estimate of drug-likeness (QED) is 0.259. The van der Waals surface area contributed by atoms with Gasteiger partial charge >= 0.3 is 0 Å². The van der Waals surface area contributed by atoms with Gasteiger partial charge in [-0.1, -0.05) is 12.1 Å². The lowest BCUT2D eigenvalue weighted by Crippen LogP contribution is -2.50. The van der Waals surface area contributed by atoms with Crippen molar-refractivity contribution in [1.82, 2.24) is 0 Å². The second-order valence-electron chi connectivity index (χ2n) is 11.4. The number of aliphatic hydroxyl groups excluding tert-OH is 1. The summed E-state index contributed by atoms with van der Waals surface area (Å²) >= 11 is 0. The van der Waals surface area contributed by atoms with E-state index in [1.165, 1.54) is 31.6 Å². The van der Waals surface area contributed by atoms with Crippen molar-refractivity contribution in [2.75, 3.05) is 20.3 Å². The van der Waals surface area contributed by atoms with Gasteiger partial charge < -0.3 is 45.1 Å². The third-order valence-electron chi connectivity index (χ3n) is 8.89. The Morgan fingerprint density at radius 2 is 1.88 bits per heavy atom. The lowest BCUT2D eigenvalue weighted by molar-refractivity contribution is -0.149. The number of hydrogen-bond acceptors (Lipinski definition) is 12. The first-order valence-corrected chi connectivity index (χ1v) is 14.2. The zero-order chi connectivity index (χ0) is 30.6. The molecule has 6 rings (SSSR count). The van der Waals surface area contributed by atoms with Crippen molar-refractivity contribution in [3.05, 3.63) is 63.6 Å². The maximum Gasteiger partial charge on any atom is 0.202 e. The number of phenols is 2. The predicted molar refractivity (Wildman–Crippen MR) is 148 cm³/mol. The zero-order valence-electron chi connectivity index (χ0n) is 23.5. The third-order valence-corrected chi connectivity index (χ3v) is 8.89. The lowest BCUT2D eigenvalue weighted by Gasteiger charge is -2.43. The molecule has 1 saturated heterocycles. The van der Waals surface area contributed by atoms with E-state index in [1.807, 2.05) is 0 Å². The molecule has 4 aliphatic rings. The van der Waals surface area contributed by atoms with Crippen LogP contribution in [0.1, 0.15) is 81.0 Å². The van der Waals surface area contributed by atoms with Crippen LogP contribution in [0.15, 0.2) is 30.2 Å². The fourth-order valence-electron chi connectivity index (χ4n) is 6.70. The Balaban J connectivity index is 1.46. The summed E-state index contributed by atoms with van der Waals surface area (Å²) in [7, 11) is 1.34. The molecule has 0 spiro atoms. The molecule has 12 nitrogen and oxygen atoms in total. The summed E-state index contributed by atoms with van der Waals surface area (Å²) in [6.45, 7) is -0.414. The second-order valence-corrected chi connectivity index (χ2v) is 11.4. The van der Waals surface area contributed by atoms with E-state index >= 15 is 0 Å². The molecule has 5 atom stereocenters.